The fraction of sp³-hybridized carbons (Fsp3) is 0.600. The van der Waals surface area contributed by atoms with E-state index < -0.39 is 0 Å². The predicted octanol–water partition coefficient (Wildman–Crippen LogP) is 2.92. The lowest BCUT2D eigenvalue weighted by molar-refractivity contribution is 0.259. The fourth-order valence-electron chi connectivity index (χ4n) is 2.80. The molecule has 0 unspecified atom stereocenters. The third kappa shape index (κ3) is 3.85. The van der Waals surface area contributed by atoms with Crippen LogP contribution >= 0.6 is 11.6 Å². The molecule has 1 atom stereocenters. The summed E-state index contributed by atoms with van der Waals surface area (Å²) in [6.07, 6.45) is 2.62. The maximum Gasteiger partial charge on any atom is 0.123 e. The zero-order valence-corrected chi connectivity index (χ0v) is 12.5. The molecule has 2 rings (SSSR count). The Kier molecular flexibility index (Phi) is 5.49. The summed E-state index contributed by atoms with van der Waals surface area (Å²) in [5.74, 6) is 0.899. The quantitative estimate of drug-likeness (QED) is 0.868. The summed E-state index contributed by atoms with van der Waals surface area (Å²) < 4.78 is 5.36. The molecule has 1 aliphatic heterocycles. The van der Waals surface area contributed by atoms with Gasteiger partial charge in [0.1, 0.15) is 5.75 Å². The highest BCUT2D eigenvalue weighted by molar-refractivity contribution is 6.30. The Morgan fingerprint density at radius 1 is 1.47 bits per heavy atom. The van der Waals surface area contributed by atoms with Crippen LogP contribution in [0, 0.1) is 0 Å². The predicted molar refractivity (Wildman–Crippen MR) is 80.0 cm³/mol. The fourth-order valence-corrected chi connectivity index (χ4v) is 3.00. The maximum absolute atomic E-state index is 6.03. The van der Waals surface area contributed by atoms with E-state index in [9.17, 15) is 0 Å². The number of likely N-dealkylation sites (N-methyl/N-ethyl adjacent to an activating group) is 1. The number of rotatable bonds is 6. The molecule has 1 aromatic rings. The van der Waals surface area contributed by atoms with Gasteiger partial charge in [0, 0.05) is 29.7 Å². The molecule has 0 saturated carbocycles. The lowest BCUT2D eigenvalue weighted by atomic mass is 10.2. The third-order valence-electron chi connectivity index (χ3n) is 3.84. The van der Waals surface area contributed by atoms with Gasteiger partial charge in [0.2, 0.25) is 0 Å². The highest BCUT2D eigenvalue weighted by Crippen LogP contribution is 2.22. The van der Waals surface area contributed by atoms with E-state index in [0.29, 0.717) is 6.04 Å². The second kappa shape index (κ2) is 7.13. The van der Waals surface area contributed by atoms with Gasteiger partial charge in [0.25, 0.3) is 0 Å². The average Bonchev–Trinajstić information content (AvgIpc) is 2.86. The number of hydrogen-bond donors (Lipinski definition) is 1. The molecule has 1 heterocycles. The van der Waals surface area contributed by atoms with Crippen LogP contribution in [0.25, 0.3) is 0 Å². The van der Waals surface area contributed by atoms with E-state index in [1.807, 2.05) is 18.2 Å². The molecular formula is C15H23ClN2O. The molecular weight excluding hydrogens is 260 g/mol. The third-order valence-corrected chi connectivity index (χ3v) is 4.08. The molecule has 1 aromatic carbocycles. The van der Waals surface area contributed by atoms with Crippen molar-refractivity contribution in [1.29, 1.82) is 0 Å². The second-order valence-corrected chi connectivity index (χ2v) is 5.45. The summed E-state index contributed by atoms with van der Waals surface area (Å²) in [5.41, 5.74) is 1.12. The van der Waals surface area contributed by atoms with Crippen LogP contribution in [0.4, 0.5) is 0 Å². The van der Waals surface area contributed by atoms with Crippen molar-refractivity contribution in [2.45, 2.75) is 32.4 Å². The number of hydrogen-bond acceptors (Lipinski definition) is 3. The van der Waals surface area contributed by atoms with Crippen molar-refractivity contribution in [3.63, 3.8) is 0 Å². The number of benzene rings is 1. The van der Waals surface area contributed by atoms with E-state index in [2.05, 4.69) is 17.1 Å². The lowest BCUT2D eigenvalue weighted by Crippen LogP contribution is -2.37. The van der Waals surface area contributed by atoms with E-state index in [-0.39, 0.29) is 0 Å². The van der Waals surface area contributed by atoms with E-state index in [1.54, 1.807) is 7.11 Å². The molecule has 0 spiro atoms. The van der Waals surface area contributed by atoms with Gasteiger partial charge < -0.3 is 10.1 Å². The number of halogens is 1. The lowest BCUT2D eigenvalue weighted by Gasteiger charge is -2.23. The van der Waals surface area contributed by atoms with Crippen LogP contribution in [0.15, 0.2) is 18.2 Å². The van der Waals surface area contributed by atoms with Crippen molar-refractivity contribution >= 4 is 11.6 Å². The van der Waals surface area contributed by atoms with Crippen LogP contribution in [0.3, 0.4) is 0 Å². The van der Waals surface area contributed by atoms with E-state index in [4.69, 9.17) is 16.3 Å². The molecule has 0 aromatic heterocycles. The molecule has 19 heavy (non-hydrogen) atoms. The van der Waals surface area contributed by atoms with Crippen molar-refractivity contribution in [3.05, 3.63) is 28.8 Å². The Morgan fingerprint density at radius 3 is 3.05 bits per heavy atom. The first-order chi connectivity index (χ1) is 9.24. The molecule has 106 valence electrons. The molecule has 3 nitrogen and oxygen atoms in total. The topological polar surface area (TPSA) is 24.5 Å². The van der Waals surface area contributed by atoms with Crippen LogP contribution in [0.5, 0.6) is 5.75 Å². The van der Waals surface area contributed by atoms with Gasteiger partial charge in [-0.3, -0.25) is 4.90 Å². The van der Waals surface area contributed by atoms with Gasteiger partial charge in [-0.05, 0) is 44.1 Å². The largest absolute Gasteiger partial charge is 0.496 e. The normalized spacial score (nSPS) is 19.8. The first kappa shape index (κ1) is 14.6. The summed E-state index contributed by atoms with van der Waals surface area (Å²) in [5, 5.41) is 4.29. The first-order valence-electron chi connectivity index (χ1n) is 7.01. The van der Waals surface area contributed by atoms with Crippen LogP contribution in [-0.2, 0) is 6.54 Å². The van der Waals surface area contributed by atoms with E-state index in [1.165, 1.54) is 19.4 Å². The van der Waals surface area contributed by atoms with Crippen LogP contribution in [0.1, 0.15) is 25.3 Å². The second-order valence-electron chi connectivity index (χ2n) is 5.01. The average molecular weight is 283 g/mol. The van der Waals surface area contributed by atoms with Crippen LogP contribution in [0.2, 0.25) is 5.02 Å². The SMILES string of the molecule is CCN1CCC[C@@H]1CNCc1cc(Cl)ccc1OC. The van der Waals surface area contributed by atoms with Crippen molar-refractivity contribution < 1.29 is 4.74 Å². The monoisotopic (exact) mass is 282 g/mol. The number of nitrogens with one attached hydrogen (secondary N) is 1. The van der Waals surface area contributed by atoms with Crippen molar-refractivity contribution in [3.8, 4) is 5.75 Å². The van der Waals surface area contributed by atoms with Crippen molar-refractivity contribution in [2.75, 3.05) is 26.7 Å². The number of likely N-dealkylation sites (tertiary alicyclic amines) is 1. The van der Waals surface area contributed by atoms with Gasteiger partial charge in [-0.25, -0.2) is 0 Å². The Morgan fingerprint density at radius 2 is 2.32 bits per heavy atom. The highest BCUT2D eigenvalue weighted by Gasteiger charge is 2.22. The highest BCUT2D eigenvalue weighted by atomic mass is 35.5. The van der Waals surface area contributed by atoms with Gasteiger partial charge in [0.15, 0.2) is 0 Å². The number of methoxy groups -OCH3 is 1. The van der Waals surface area contributed by atoms with Crippen molar-refractivity contribution in [2.24, 2.45) is 0 Å². The van der Waals surface area contributed by atoms with Gasteiger partial charge in [-0.2, -0.15) is 0 Å². The standard InChI is InChI=1S/C15H23ClN2O/c1-3-18-8-4-5-14(18)11-17-10-12-9-13(16)6-7-15(12)19-2/h6-7,9,14,17H,3-5,8,10-11H2,1-2H3/t14-/m1/s1. The Balaban J connectivity index is 1.87. The molecule has 1 N–H and O–H groups in total. The van der Waals surface area contributed by atoms with Gasteiger partial charge in [-0.1, -0.05) is 18.5 Å². The minimum Gasteiger partial charge on any atom is -0.496 e. The van der Waals surface area contributed by atoms with Crippen molar-refractivity contribution in [1.82, 2.24) is 10.2 Å². The minimum absolute atomic E-state index is 0.676. The zero-order chi connectivity index (χ0) is 13.7. The van der Waals surface area contributed by atoms with Crippen LogP contribution < -0.4 is 10.1 Å². The summed E-state index contributed by atoms with van der Waals surface area (Å²) in [6.45, 7) is 6.45. The van der Waals surface area contributed by atoms with E-state index in [0.717, 1.165) is 36.0 Å². The van der Waals surface area contributed by atoms with Gasteiger partial charge in [-0.15, -0.1) is 0 Å². The van der Waals surface area contributed by atoms with Gasteiger partial charge in [0.05, 0.1) is 7.11 Å². The smallest absolute Gasteiger partial charge is 0.123 e. The Bertz CT molecular complexity index is 411. The number of nitrogens with zero attached hydrogens (tertiary/aromatic N) is 1. The molecule has 0 radical (unpaired) electrons. The summed E-state index contributed by atoms with van der Waals surface area (Å²) >= 11 is 6.03. The van der Waals surface area contributed by atoms with E-state index >= 15 is 0 Å². The molecule has 1 fully saturated rings. The maximum atomic E-state index is 6.03. The Hall–Kier alpha value is -0.770. The molecule has 0 amide bonds. The molecule has 0 aliphatic carbocycles. The van der Waals surface area contributed by atoms with Gasteiger partial charge >= 0.3 is 0 Å². The summed E-state index contributed by atoms with van der Waals surface area (Å²) in [4.78, 5) is 2.54. The van der Waals surface area contributed by atoms with Crippen LogP contribution in [-0.4, -0.2) is 37.7 Å². The molecule has 1 saturated heterocycles. The first-order valence-corrected chi connectivity index (χ1v) is 7.39. The molecule has 1 aliphatic rings. The number of ether oxygens (including phenoxy) is 1. The molecule has 4 heteroatoms. The molecule has 0 bridgehead atoms. The summed E-state index contributed by atoms with van der Waals surface area (Å²) in [6, 6.07) is 6.43. The zero-order valence-electron chi connectivity index (χ0n) is 11.8. The summed E-state index contributed by atoms with van der Waals surface area (Å²) in [7, 11) is 1.70. The minimum atomic E-state index is 0.676. The Labute approximate surface area is 120 Å².